The van der Waals surface area contributed by atoms with E-state index in [2.05, 4.69) is 10.2 Å². The van der Waals surface area contributed by atoms with Gasteiger partial charge in [0.1, 0.15) is 17.6 Å². The molecule has 0 atom stereocenters. The fourth-order valence-electron chi connectivity index (χ4n) is 2.98. The minimum Gasteiger partial charge on any atom is -0.379 e. The lowest BCUT2D eigenvalue weighted by molar-refractivity contribution is 0.0374. The first-order valence-electron chi connectivity index (χ1n) is 8.65. The zero-order valence-corrected chi connectivity index (χ0v) is 14.4. The maximum Gasteiger partial charge on any atom is 0.269 e. The number of rotatable bonds is 6. The van der Waals surface area contributed by atoms with Crippen molar-refractivity contribution < 1.29 is 13.9 Å². The van der Waals surface area contributed by atoms with Crippen molar-refractivity contribution in [3.05, 3.63) is 53.6 Å². The number of morpholine rings is 1. The largest absolute Gasteiger partial charge is 0.379 e. The summed E-state index contributed by atoms with van der Waals surface area (Å²) in [6.07, 6.45) is 2.47. The lowest BCUT2D eigenvalue weighted by atomic mass is 10.2. The van der Waals surface area contributed by atoms with Crippen LogP contribution in [-0.2, 0) is 4.74 Å². The molecule has 2 heterocycles. The van der Waals surface area contributed by atoms with Crippen molar-refractivity contribution in [2.24, 2.45) is 0 Å². The van der Waals surface area contributed by atoms with Crippen molar-refractivity contribution in [3.8, 4) is 11.8 Å². The number of ether oxygens (including phenoxy) is 1. The third-order valence-electron chi connectivity index (χ3n) is 4.37. The van der Waals surface area contributed by atoms with Gasteiger partial charge in [-0.3, -0.25) is 9.69 Å². The van der Waals surface area contributed by atoms with E-state index in [9.17, 15) is 14.4 Å². The lowest BCUT2D eigenvalue weighted by Crippen LogP contribution is -2.38. The Morgan fingerprint density at radius 1 is 1.23 bits per heavy atom. The van der Waals surface area contributed by atoms with Gasteiger partial charge in [0.2, 0.25) is 0 Å². The summed E-state index contributed by atoms with van der Waals surface area (Å²) in [6, 6.07) is 9.43. The number of carbonyl (C=O) groups excluding carboxylic acids is 1. The standard InChI is InChI=1S/C19H21FN4O2/c20-16-2-4-17(5-3-16)24-9-6-15(14-21)18(24)19(25)22-7-1-8-23-10-12-26-13-11-23/h2-6,9H,1,7-8,10-13H2,(H,22,25). The van der Waals surface area contributed by atoms with E-state index in [1.165, 1.54) is 12.1 Å². The molecule has 0 spiro atoms. The highest BCUT2D eigenvalue weighted by molar-refractivity contribution is 5.95. The van der Waals surface area contributed by atoms with E-state index in [-0.39, 0.29) is 17.4 Å². The van der Waals surface area contributed by atoms with Crippen LogP contribution in [0.25, 0.3) is 5.69 Å². The molecule has 3 rings (SSSR count). The number of benzene rings is 1. The molecule has 0 saturated carbocycles. The number of nitrogens with zero attached hydrogens (tertiary/aromatic N) is 3. The SMILES string of the molecule is N#Cc1ccn(-c2ccc(F)cc2)c1C(=O)NCCCN1CCOCC1. The molecule has 1 aliphatic heterocycles. The van der Waals surface area contributed by atoms with Crippen LogP contribution in [0.2, 0.25) is 0 Å². The van der Waals surface area contributed by atoms with Gasteiger partial charge in [0.25, 0.3) is 5.91 Å². The van der Waals surface area contributed by atoms with E-state index in [0.29, 0.717) is 17.8 Å². The molecule has 2 aromatic rings. The van der Waals surface area contributed by atoms with Gasteiger partial charge in [-0.25, -0.2) is 4.39 Å². The number of amides is 1. The number of hydrogen-bond acceptors (Lipinski definition) is 4. The summed E-state index contributed by atoms with van der Waals surface area (Å²) < 4.78 is 20.1. The second kappa shape index (κ2) is 8.61. The van der Waals surface area contributed by atoms with Crippen molar-refractivity contribution in [2.45, 2.75) is 6.42 Å². The molecule has 1 aromatic heterocycles. The fraction of sp³-hybridized carbons (Fsp3) is 0.368. The molecule has 1 fully saturated rings. The van der Waals surface area contributed by atoms with Gasteiger partial charge in [0.05, 0.1) is 18.8 Å². The third-order valence-corrected chi connectivity index (χ3v) is 4.37. The lowest BCUT2D eigenvalue weighted by Gasteiger charge is -2.26. The molecule has 1 N–H and O–H groups in total. The molecule has 1 aromatic carbocycles. The molecule has 0 aliphatic carbocycles. The first-order valence-corrected chi connectivity index (χ1v) is 8.65. The zero-order chi connectivity index (χ0) is 18.4. The van der Waals surface area contributed by atoms with Crippen molar-refractivity contribution >= 4 is 5.91 Å². The van der Waals surface area contributed by atoms with Crippen LogP contribution in [0.1, 0.15) is 22.5 Å². The first kappa shape index (κ1) is 18.1. The Bertz CT molecular complexity index is 789. The van der Waals surface area contributed by atoms with Gasteiger partial charge in [0, 0.05) is 31.5 Å². The van der Waals surface area contributed by atoms with Crippen molar-refractivity contribution in [1.29, 1.82) is 5.26 Å². The van der Waals surface area contributed by atoms with Crippen LogP contribution in [0, 0.1) is 17.1 Å². The molecule has 136 valence electrons. The number of aromatic nitrogens is 1. The topological polar surface area (TPSA) is 70.3 Å². The van der Waals surface area contributed by atoms with Crippen LogP contribution in [0.15, 0.2) is 36.5 Å². The summed E-state index contributed by atoms with van der Waals surface area (Å²) in [6.45, 7) is 4.76. The van der Waals surface area contributed by atoms with Gasteiger partial charge in [-0.2, -0.15) is 5.26 Å². The highest BCUT2D eigenvalue weighted by atomic mass is 19.1. The number of halogens is 1. The number of nitrogens with one attached hydrogen (secondary N) is 1. The van der Waals surface area contributed by atoms with Gasteiger partial charge in [-0.1, -0.05) is 0 Å². The van der Waals surface area contributed by atoms with Crippen molar-refractivity contribution in [1.82, 2.24) is 14.8 Å². The zero-order valence-electron chi connectivity index (χ0n) is 14.4. The summed E-state index contributed by atoms with van der Waals surface area (Å²) >= 11 is 0. The molecule has 0 radical (unpaired) electrons. The average molecular weight is 356 g/mol. The fourth-order valence-corrected chi connectivity index (χ4v) is 2.98. The summed E-state index contributed by atoms with van der Waals surface area (Å²) in [5.41, 5.74) is 1.19. The van der Waals surface area contributed by atoms with Crippen molar-refractivity contribution in [2.75, 3.05) is 39.4 Å². The molecule has 0 unspecified atom stereocenters. The normalized spacial score (nSPS) is 14.8. The number of nitriles is 1. The highest BCUT2D eigenvalue weighted by Crippen LogP contribution is 2.17. The van der Waals surface area contributed by atoms with E-state index in [1.54, 1.807) is 29.0 Å². The van der Waals surface area contributed by atoms with Crippen LogP contribution in [0.3, 0.4) is 0 Å². The second-order valence-corrected chi connectivity index (χ2v) is 6.10. The van der Waals surface area contributed by atoms with Gasteiger partial charge in [-0.15, -0.1) is 0 Å². The summed E-state index contributed by atoms with van der Waals surface area (Å²) in [7, 11) is 0. The number of carbonyl (C=O) groups is 1. The Labute approximate surface area is 151 Å². The Morgan fingerprint density at radius 2 is 1.96 bits per heavy atom. The third kappa shape index (κ3) is 4.28. The molecule has 1 aliphatic rings. The van der Waals surface area contributed by atoms with Crippen LogP contribution < -0.4 is 5.32 Å². The van der Waals surface area contributed by atoms with Gasteiger partial charge < -0.3 is 14.6 Å². The van der Waals surface area contributed by atoms with Gasteiger partial charge in [-0.05, 0) is 43.3 Å². The molecular weight excluding hydrogens is 335 g/mol. The Balaban J connectivity index is 1.63. The predicted octanol–water partition coefficient (Wildman–Crippen LogP) is 1.94. The predicted molar refractivity (Wildman–Crippen MR) is 94.7 cm³/mol. The smallest absolute Gasteiger partial charge is 0.269 e. The Morgan fingerprint density at radius 3 is 2.65 bits per heavy atom. The Hall–Kier alpha value is -2.69. The van der Waals surface area contributed by atoms with E-state index < -0.39 is 0 Å². The first-order chi connectivity index (χ1) is 12.7. The van der Waals surface area contributed by atoms with E-state index in [0.717, 1.165) is 39.3 Å². The van der Waals surface area contributed by atoms with Crippen LogP contribution in [0.5, 0.6) is 0 Å². The Kier molecular flexibility index (Phi) is 6.00. The average Bonchev–Trinajstić information content (AvgIpc) is 3.11. The molecule has 1 amide bonds. The van der Waals surface area contributed by atoms with Gasteiger partial charge in [0.15, 0.2) is 0 Å². The second-order valence-electron chi connectivity index (χ2n) is 6.10. The molecule has 6 nitrogen and oxygen atoms in total. The van der Waals surface area contributed by atoms with Crippen molar-refractivity contribution in [3.63, 3.8) is 0 Å². The van der Waals surface area contributed by atoms with E-state index in [4.69, 9.17) is 4.74 Å². The van der Waals surface area contributed by atoms with Crippen LogP contribution >= 0.6 is 0 Å². The molecular formula is C19H21FN4O2. The molecule has 7 heteroatoms. The summed E-state index contributed by atoms with van der Waals surface area (Å²) in [5, 5.41) is 12.2. The number of hydrogen-bond donors (Lipinski definition) is 1. The van der Waals surface area contributed by atoms with E-state index >= 15 is 0 Å². The van der Waals surface area contributed by atoms with E-state index in [1.807, 2.05) is 6.07 Å². The minimum absolute atomic E-state index is 0.269. The monoisotopic (exact) mass is 356 g/mol. The van der Waals surface area contributed by atoms with Crippen LogP contribution in [-0.4, -0.2) is 54.8 Å². The summed E-state index contributed by atoms with van der Waals surface area (Å²) in [4.78, 5) is 14.9. The quantitative estimate of drug-likeness (QED) is 0.803. The molecule has 26 heavy (non-hydrogen) atoms. The minimum atomic E-state index is -0.351. The summed E-state index contributed by atoms with van der Waals surface area (Å²) in [5.74, 6) is -0.659. The maximum atomic E-state index is 13.1. The highest BCUT2D eigenvalue weighted by Gasteiger charge is 2.18. The van der Waals surface area contributed by atoms with Crippen LogP contribution in [0.4, 0.5) is 4.39 Å². The molecule has 1 saturated heterocycles. The van der Waals surface area contributed by atoms with Gasteiger partial charge >= 0.3 is 0 Å². The maximum absolute atomic E-state index is 13.1. The molecule has 0 bridgehead atoms.